The smallest absolute Gasteiger partial charge is 0.131 e. The van der Waals surface area contributed by atoms with Gasteiger partial charge in [-0.3, -0.25) is 0 Å². The number of piperidine rings is 1. The van der Waals surface area contributed by atoms with Gasteiger partial charge in [-0.15, -0.1) is 0 Å². The van der Waals surface area contributed by atoms with Gasteiger partial charge in [-0.05, 0) is 61.5 Å². The molecule has 1 saturated heterocycles. The van der Waals surface area contributed by atoms with Gasteiger partial charge in [-0.25, -0.2) is 4.39 Å². The number of halogens is 1. The number of rotatable bonds is 3. The lowest BCUT2D eigenvalue weighted by Crippen LogP contribution is -2.28. The van der Waals surface area contributed by atoms with Crippen LogP contribution in [0.15, 0.2) is 48.5 Å². The molecule has 0 unspecified atom stereocenters. The SMILES string of the molecule is Fc1ccc(CC2CCNCC2)cc1-c1ccccc1. The van der Waals surface area contributed by atoms with Crippen LogP contribution in [0.2, 0.25) is 0 Å². The van der Waals surface area contributed by atoms with Crippen molar-refractivity contribution in [2.75, 3.05) is 13.1 Å². The Hall–Kier alpha value is -1.67. The molecule has 0 aromatic heterocycles. The van der Waals surface area contributed by atoms with Crippen molar-refractivity contribution < 1.29 is 4.39 Å². The van der Waals surface area contributed by atoms with Gasteiger partial charge >= 0.3 is 0 Å². The molecule has 3 rings (SSSR count). The van der Waals surface area contributed by atoms with Crippen molar-refractivity contribution in [2.45, 2.75) is 19.3 Å². The van der Waals surface area contributed by atoms with Crippen LogP contribution in [0.4, 0.5) is 4.39 Å². The second kappa shape index (κ2) is 6.19. The monoisotopic (exact) mass is 269 g/mol. The van der Waals surface area contributed by atoms with Crippen LogP contribution >= 0.6 is 0 Å². The Labute approximate surface area is 119 Å². The first-order valence-electron chi connectivity index (χ1n) is 7.37. The van der Waals surface area contributed by atoms with E-state index in [0.717, 1.165) is 36.6 Å². The molecule has 0 amide bonds. The summed E-state index contributed by atoms with van der Waals surface area (Å²) in [6, 6.07) is 15.4. The quantitative estimate of drug-likeness (QED) is 0.887. The molecule has 0 spiro atoms. The summed E-state index contributed by atoms with van der Waals surface area (Å²) >= 11 is 0. The lowest BCUT2D eigenvalue weighted by molar-refractivity contribution is 0.372. The van der Waals surface area contributed by atoms with E-state index < -0.39 is 0 Å². The molecule has 0 aliphatic carbocycles. The van der Waals surface area contributed by atoms with Gasteiger partial charge < -0.3 is 5.32 Å². The minimum Gasteiger partial charge on any atom is -0.317 e. The Balaban J connectivity index is 1.83. The summed E-state index contributed by atoms with van der Waals surface area (Å²) in [5.41, 5.74) is 2.92. The van der Waals surface area contributed by atoms with E-state index in [1.54, 1.807) is 6.07 Å². The standard InChI is InChI=1S/C18H20FN/c19-18-7-6-15(12-14-8-10-20-11-9-14)13-17(18)16-4-2-1-3-5-16/h1-7,13-14,20H,8-12H2. The van der Waals surface area contributed by atoms with Crippen LogP contribution in [0.5, 0.6) is 0 Å². The summed E-state index contributed by atoms with van der Waals surface area (Å²) in [5.74, 6) is 0.593. The molecule has 20 heavy (non-hydrogen) atoms. The van der Waals surface area contributed by atoms with E-state index in [-0.39, 0.29) is 5.82 Å². The zero-order valence-electron chi connectivity index (χ0n) is 11.6. The van der Waals surface area contributed by atoms with E-state index in [2.05, 4.69) is 5.32 Å². The molecule has 2 heteroatoms. The second-order valence-electron chi connectivity index (χ2n) is 5.58. The van der Waals surface area contributed by atoms with Gasteiger partial charge in [0.1, 0.15) is 5.82 Å². The van der Waals surface area contributed by atoms with Crippen LogP contribution in [0, 0.1) is 11.7 Å². The fraction of sp³-hybridized carbons (Fsp3) is 0.333. The van der Waals surface area contributed by atoms with Gasteiger partial charge in [0.15, 0.2) is 0 Å². The zero-order valence-corrected chi connectivity index (χ0v) is 11.6. The summed E-state index contributed by atoms with van der Waals surface area (Å²) in [4.78, 5) is 0. The Morgan fingerprint density at radius 3 is 2.50 bits per heavy atom. The van der Waals surface area contributed by atoms with Crippen molar-refractivity contribution in [3.8, 4) is 11.1 Å². The van der Waals surface area contributed by atoms with Crippen molar-refractivity contribution in [3.05, 3.63) is 59.9 Å². The second-order valence-corrected chi connectivity index (χ2v) is 5.58. The van der Waals surface area contributed by atoms with Gasteiger partial charge in [-0.2, -0.15) is 0 Å². The number of benzene rings is 2. The van der Waals surface area contributed by atoms with E-state index in [1.807, 2.05) is 42.5 Å². The van der Waals surface area contributed by atoms with E-state index in [9.17, 15) is 4.39 Å². The molecule has 1 nitrogen and oxygen atoms in total. The largest absolute Gasteiger partial charge is 0.317 e. The van der Waals surface area contributed by atoms with Crippen molar-refractivity contribution in [3.63, 3.8) is 0 Å². The van der Waals surface area contributed by atoms with E-state index in [4.69, 9.17) is 0 Å². The highest BCUT2D eigenvalue weighted by Crippen LogP contribution is 2.26. The molecule has 0 bridgehead atoms. The fourth-order valence-corrected chi connectivity index (χ4v) is 2.96. The lowest BCUT2D eigenvalue weighted by atomic mass is 9.90. The summed E-state index contributed by atoms with van der Waals surface area (Å²) in [5, 5.41) is 3.39. The van der Waals surface area contributed by atoms with Gasteiger partial charge in [0.05, 0.1) is 0 Å². The van der Waals surface area contributed by atoms with Gasteiger partial charge in [0.25, 0.3) is 0 Å². The maximum Gasteiger partial charge on any atom is 0.131 e. The molecule has 1 heterocycles. The summed E-state index contributed by atoms with van der Waals surface area (Å²) in [7, 11) is 0. The van der Waals surface area contributed by atoms with E-state index in [1.165, 1.54) is 18.4 Å². The first-order chi connectivity index (χ1) is 9.83. The van der Waals surface area contributed by atoms with Crippen LogP contribution in [0.25, 0.3) is 11.1 Å². The average Bonchev–Trinajstić information content (AvgIpc) is 2.51. The molecule has 104 valence electrons. The third-order valence-electron chi connectivity index (χ3n) is 4.10. The van der Waals surface area contributed by atoms with Crippen LogP contribution in [-0.4, -0.2) is 13.1 Å². The molecule has 0 atom stereocenters. The fourth-order valence-electron chi connectivity index (χ4n) is 2.96. The van der Waals surface area contributed by atoms with Crippen LogP contribution in [0.1, 0.15) is 18.4 Å². The van der Waals surface area contributed by atoms with Gasteiger partial charge in [0, 0.05) is 5.56 Å². The molecule has 0 radical (unpaired) electrons. The maximum atomic E-state index is 14.0. The Morgan fingerprint density at radius 1 is 1.00 bits per heavy atom. The first kappa shape index (κ1) is 13.3. The maximum absolute atomic E-state index is 14.0. The predicted octanol–water partition coefficient (Wildman–Crippen LogP) is 4.03. The molecule has 1 fully saturated rings. The van der Waals surface area contributed by atoms with Crippen LogP contribution in [-0.2, 0) is 6.42 Å². The summed E-state index contributed by atoms with van der Waals surface area (Å²) in [6.07, 6.45) is 3.50. The molecule has 1 aliphatic heterocycles. The highest BCUT2D eigenvalue weighted by atomic mass is 19.1. The molecular formula is C18H20FN. The third-order valence-corrected chi connectivity index (χ3v) is 4.10. The number of nitrogens with one attached hydrogen (secondary N) is 1. The van der Waals surface area contributed by atoms with Crippen LogP contribution in [0.3, 0.4) is 0 Å². The van der Waals surface area contributed by atoms with Crippen LogP contribution < -0.4 is 5.32 Å². The van der Waals surface area contributed by atoms with E-state index in [0.29, 0.717) is 0 Å². The molecule has 2 aromatic carbocycles. The van der Waals surface area contributed by atoms with E-state index >= 15 is 0 Å². The Bertz CT molecular complexity index is 559. The normalized spacial score (nSPS) is 16.2. The van der Waals surface area contributed by atoms with Crippen molar-refractivity contribution in [1.82, 2.24) is 5.32 Å². The van der Waals surface area contributed by atoms with Gasteiger partial charge in [0.2, 0.25) is 0 Å². The van der Waals surface area contributed by atoms with Crippen molar-refractivity contribution >= 4 is 0 Å². The zero-order chi connectivity index (χ0) is 13.8. The lowest BCUT2D eigenvalue weighted by Gasteiger charge is -2.22. The van der Waals surface area contributed by atoms with Crippen molar-refractivity contribution in [2.24, 2.45) is 5.92 Å². The number of hydrogen-bond acceptors (Lipinski definition) is 1. The van der Waals surface area contributed by atoms with Gasteiger partial charge in [-0.1, -0.05) is 36.4 Å². The highest BCUT2D eigenvalue weighted by Gasteiger charge is 2.14. The molecule has 1 aliphatic rings. The average molecular weight is 269 g/mol. The first-order valence-corrected chi connectivity index (χ1v) is 7.37. The third kappa shape index (κ3) is 3.07. The Kier molecular flexibility index (Phi) is 4.12. The summed E-state index contributed by atoms with van der Waals surface area (Å²) < 4.78 is 14.0. The minimum atomic E-state index is -0.134. The minimum absolute atomic E-state index is 0.134. The number of hydrogen-bond donors (Lipinski definition) is 1. The Morgan fingerprint density at radius 2 is 1.75 bits per heavy atom. The highest BCUT2D eigenvalue weighted by molar-refractivity contribution is 5.64. The summed E-state index contributed by atoms with van der Waals surface area (Å²) in [6.45, 7) is 2.22. The molecule has 2 aromatic rings. The topological polar surface area (TPSA) is 12.0 Å². The predicted molar refractivity (Wildman–Crippen MR) is 81.1 cm³/mol. The molecule has 1 N–H and O–H groups in total. The molecule has 0 saturated carbocycles. The molecular weight excluding hydrogens is 249 g/mol. The van der Waals surface area contributed by atoms with Crippen molar-refractivity contribution in [1.29, 1.82) is 0 Å².